The van der Waals surface area contributed by atoms with Gasteiger partial charge in [0.15, 0.2) is 0 Å². The molecule has 0 spiro atoms. The van der Waals surface area contributed by atoms with Crippen LogP contribution in [0, 0.1) is 0 Å². The smallest absolute Gasteiger partial charge is 0.234 e. The Kier molecular flexibility index (Phi) is 5.47. The number of aromatic nitrogens is 2. The number of rotatable bonds is 7. The van der Waals surface area contributed by atoms with Crippen LogP contribution in [0.15, 0.2) is 18.7 Å². The Morgan fingerprint density at radius 2 is 2.33 bits per heavy atom. The molecular weight excluding hydrogens is 192 g/mol. The van der Waals surface area contributed by atoms with Crippen molar-refractivity contribution < 1.29 is 4.79 Å². The Hall–Kier alpha value is -1.36. The predicted molar refractivity (Wildman–Crippen MR) is 58.4 cm³/mol. The molecule has 0 fully saturated rings. The zero-order chi connectivity index (χ0) is 10.9. The van der Waals surface area contributed by atoms with Crippen LogP contribution in [-0.2, 0) is 11.3 Å². The summed E-state index contributed by atoms with van der Waals surface area (Å²) < 4.78 is 1.93. The number of nitrogens with zero attached hydrogens (tertiary/aromatic N) is 2. The zero-order valence-electron chi connectivity index (χ0n) is 9.07. The quantitative estimate of drug-likeness (QED) is 0.623. The summed E-state index contributed by atoms with van der Waals surface area (Å²) in [7, 11) is 0. The highest BCUT2D eigenvalue weighted by atomic mass is 16.1. The number of imidazole rings is 1. The van der Waals surface area contributed by atoms with E-state index in [2.05, 4.69) is 22.5 Å². The van der Waals surface area contributed by atoms with Crippen LogP contribution < -0.4 is 10.6 Å². The Morgan fingerprint density at radius 3 is 3.00 bits per heavy atom. The molecular formula is C10H18N4O. The van der Waals surface area contributed by atoms with Crippen LogP contribution in [0.3, 0.4) is 0 Å². The third-order valence-electron chi connectivity index (χ3n) is 1.96. The second-order valence-corrected chi connectivity index (χ2v) is 3.33. The maximum absolute atomic E-state index is 11.2. The molecule has 0 bridgehead atoms. The lowest BCUT2D eigenvalue weighted by Gasteiger charge is -2.06. The minimum absolute atomic E-state index is 0.0450. The van der Waals surface area contributed by atoms with Gasteiger partial charge in [-0.25, -0.2) is 4.98 Å². The first kappa shape index (κ1) is 11.7. The van der Waals surface area contributed by atoms with Crippen molar-refractivity contribution in [1.82, 2.24) is 20.2 Å². The lowest BCUT2D eigenvalue weighted by Crippen LogP contribution is -2.35. The average molecular weight is 210 g/mol. The van der Waals surface area contributed by atoms with E-state index in [1.54, 1.807) is 12.5 Å². The Bertz CT molecular complexity index is 271. The van der Waals surface area contributed by atoms with E-state index in [1.807, 2.05) is 10.8 Å². The standard InChI is InChI=1S/C10H18N4O/c1-2-3-11-8-10(15)13-5-7-14-6-4-12-9-14/h4,6,9,11H,2-3,5,7-8H2,1H3,(H,13,15). The fourth-order valence-electron chi connectivity index (χ4n) is 1.18. The van der Waals surface area contributed by atoms with Crippen LogP contribution in [0.5, 0.6) is 0 Å². The molecule has 1 aromatic heterocycles. The zero-order valence-corrected chi connectivity index (χ0v) is 9.07. The van der Waals surface area contributed by atoms with Crippen LogP contribution >= 0.6 is 0 Å². The van der Waals surface area contributed by atoms with E-state index in [0.717, 1.165) is 19.5 Å². The number of amides is 1. The maximum atomic E-state index is 11.2. The first-order valence-corrected chi connectivity index (χ1v) is 5.26. The van der Waals surface area contributed by atoms with E-state index in [-0.39, 0.29) is 5.91 Å². The van der Waals surface area contributed by atoms with Crippen molar-refractivity contribution in [2.24, 2.45) is 0 Å². The molecule has 15 heavy (non-hydrogen) atoms. The third-order valence-corrected chi connectivity index (χ3v) is 1.96. The van der Waals surface area contributed by atoms with Gasteiger partial charge in [-0.15, -0.1) is 0 Å². The topological polar surface area (TPSA) is 59.0 Å². The molecule has 1 rings (SSSR count). The Labute approximate surface area is 89.9 Å². The number of carbonyl (C=O) groups is 1. The van der Waals surface area contributed by atoms with Gasteiger partial charge in [0.1, 0.15) is 0 Å². The first-order valence-electron chi connectivity index (χ1n) is 5.26. The molecule has 0 aromatic carbocycles. The van der Waals surface area contributed by atoms with Gasteiger partial charge in [-0.3, -0.25) is 4.79 Å². The van der Waals surface area contributed by atoms with Crippen molar-refractivity contribution in [3.05, 3.63) is 18.7 Å². The maximum Gasteiger partial charge on any atom is 0.234 e. The summed E-state index contributed by atoms with van der Waals surface area (Å²) in [6, 6.07) is 0. The summed E-state index contributed by atoms with van der Waals surface area (Å²) in [5.41, 5.74) is 0. The highest BCUT2D eigenvalue weighted by Gasteiger charge is 1.98. The lowest BCUT2D eigenvalue weighted by molar-refractivity contribution is -0.120. The van der Waals surface area contributed by atoms with Crippen molar-refractivity contribution in [1.29, 1.82) is 0 Å². The highest BCUT2D eigenvalue weighted by molar-refractivity contribution is 5.77. The summed E-state index contributed by atoms with van der Waals surface area (Å²) in [5, 5.41) is 5.88. The molecule has 0 aliphatic rings. The highest BCUT2D eigenvalue weighted by Crippen LogP contribution is 1.83. The molecule has 2 N–H and O–H groups in total. The van der Waals surface area contributed by atoms with Crippen LogP contribution in [0.25, 0.3) is 0 Å². The first-order chi connectivity index (χ1) is 7.33. The molecule has 0 aliphatic carbocycles. The van der Waals surface area contributed by atoms with Crippen molar-refractivity contribution in [3.63, 3.8) is 0 Å². The van der Waals surface area contributed by atoms with E-state index in [9.17, 15) is 4.79 Å². The van der Waals surface area contributed by atoms with Gasteiger partial charge in [0.2, 0.25) is 5.91 Å². The Balaban J connectivity index is 2.02. The molecule has 0 radical (unpaired) electrons. The van der Waals surface area contributed by atoms with E-state index >= 15 is 0 Å². The van der Waals surface area contributed by atoms with Crippen molar-refractivity contribution in [2.45, 2.75) is 19.9 Å². The molecule has 0 unspecified atom stereocenters. The van der Waals surface area contributed by atoms with E-state index in [1.165, 1.54) is 0 Å². The number of nitrogens with one attached hydrogen (secondary N) is 2. The van der Waals surface area contributed by atoms with Crippen molar-refractivity contribution in [2.75, 3.05) is 19.6 Å². The molecule has 5 heteroatoms. The second kappa shape index (κ2) is 7.00. The summed E-state index contributed by atoms with van der Waals surface area (Å²) >= 11 is 0. The molecule has 0 aliphatic heterocycles. The lowest BCUT2D eigenvalue weighted by atomic mass is 10.4. The minimum atomic E-state index is 0.0450. The van der Waals surface area contributed by atoms with Gasteiger partial charge in [-0.05, 0) is 13.0 Å². The van der Waals surface area contributed by atoms with Crippen LogP contribution in [0.4, 0.5) is 0 Å². The molecule has 0 saturated heterocycles. The van der Waals surface area contributed by atoms with Crippen LogP contribution in [0.1, 0.15) is 13.3 Å². The summed E-state index contributed by atoms with van der Waals surface area (Å²) in [6.07, 6.45) is 6.38. The van der Waals surface area contributed by atoms with Gasteiger partial charge in [0, 0.05) is 25.5 Å². The molecule has 5 nitrogen and oxygen atoms in total. The van der Waals surface area contributed by atoms with E-state index in [0.29, 0.717) is 13.1 Å². The van der Waals surface area contributed by atoms with Gasteiger partial charge >= 0.3 is 0 Å². The SMILES string of the molecule is CCCNCC(=O)NCCn1ccnc1. The van der Waals surface area contributed by atoms with Crippen molar-refractivity contribution in [3.8, 4) is 0 Å². The Morgan fingerprint density at radius 1 is 1.47 bits per heavy atom. The van der Waals surface area contributed by atoms with Gasteiger partial charge in [-0.2, -0.15) is 0 Å². The van der Waals surface area contributed by atoms with E-state index in [4.69, 9.17) is 0 Å². The number of carbonyl (C=O) groups excluding carboxylic acids is 1. The van der Waals surface area contributed by atoms with Crippen molar-refractivity contribution >= 4 is 5.91 Å². The summed E-state index contributed by atoms with van der Waals surface area (Å²) in [5.74, 6) is 0.0450. The monoisotopic (exact) mass is 210 g/mol. The normalized spacial score (nSPS) is 10.2. The molecule has 0 saturated carbocycles. The molecule has 1 heterocycles. The number of hydrogen-bond acceptors (Lipinski definition) is 3. The second-order valence-electron chi connectivity index (χ2n) is 3.33. The molecule has 84 valence electrons. The van der Waals surface area contributed by atoms with Gasteiger partial charge in [0.25, 0.3) is 0 Å². The van der Waals surface area contributed by atoms with Crippen LogP contribution in [0.2, 0.25) is 0 Å². The fourth-order valence-corrected chi connectivity index (χ4v) is 1.18. The summed E-state index contributed by atoms with van der Waals surface area (Å²) in [4.78, 5) is 15.2. The van der Waals surface area contributed by atoms with Gasteiger partial charge < -0.3 is 15.2 Å². The largest absolute Gasteiger partial charge is 0.353 e. The van der Waals surface area contributed by atoms with Gasteiger partial charge in [-0.1, -0.05) is 6.92 Å². The molecule has 1 aromatic rings. The number of hydrogen-bond donors (Lipinski definition) is 2. The van der Waals surface area contributed by atoms with Gasteiger partial charge in [0.05, 0.1) is 12.9 Å². The van der Waals surface area contributed by atoms with Crippen LogP contribution in [-0.4, -0.2) is 35.1 Å². The minimum Gasteiger partial charge on any atom is -0.353 e. The fraction of sp³-hybridized carbons (Fsp3) is 0.600. The summed E-state index contributed by atoms with van der Waals surface area (Å²) in [6.45, 7) is 4.76. The average Bonchev–Trinajstić information content (AvgIpc) is 2.71. The van der Waals surface area contributed by atoms with E-state index < -0.39 is 0 Å². The molecule has 0 atom stereocenters. The molecule has 1 amide bonds. The third kappa shape index (κ3) is 5.17. The predicted octanol–water partition coefficient (Wildman–Crippen LogP) is -0.00110.